The summed E-state index contributed by atoms with van der Waals surface area (Å²) in [6.07, 6.45) is 0. The van der Waals surface area contributed by atoms with Gasteiger partial charge in [-0.15, -0.1) is 0 Å². The summed E-state index contributed by atoms with van der Waals surface area (Å²) in [6, 6.07) is 29.3. The minimum Gasteiger partial charge on any atom is -0.455 e. The highest BCUT2D eigenvalue weighted by molar-refractivity contribution is 5.61. The fourth-order valence-electron chi connectivity index (χ4n) is 3.68. The number of anilines is 2. The van der Waals surface area contributed by atoms with Crippen LogP contribution in [-0.4, -0.2) is 0 Å². The van der Waals surface area contributed by atoms with E-state index in [4.69, 9.17) is 31.5 Å². The lowest BCUT2D eigenvalue weighted by molar-refractivity contribution is 0.483. The highest BCUT2D eigenvalue weighted by atomic mass is 16.5. The van der Waals surface area contributed by atoms with Crippen LogP contribution in [-0.2, 0) is 5.41 Å². The molecule has 0 unspecified atom stereocenters. The van der Waals surface area contributed by atoms with Crippen molar-refractivity contribution in [3.63, 3.8) is 0 Å². The van der Waals surface area contributed by atoms with Gasteiger partial charge in [0.25, 0.3) is 0 Å². The molecule has 0 spiro atoms. The predicted molar refractivity (Wildman–Crippen MR) is 136 cm³/mol. The van der Waals surface area contributed by atoms with Crippen molar-refractivity contribution in [2.45, 2.75) is 19.3 Å². The first-order valence-electron chi connectivity index (χ1n) is 11.0. The molecule has 4 rings (SSSR count). The lowest BCUT2D eigenvalue weighted by atomic mass is 9.78. The van der Waals surface area contributed by atoms with Crippen molar-refractivity contribution in [1.82, 2.24) is 0 Å². The number of nitriles is 2. The quantitative estimate of drug-likeness (QED) is 0.317. The average Bonchev–Trinajstić information content (AvgIpc) is 2.87. The van der Waals surface area contributed by atoms with E-state index in [1.807, 2.05) is 36.4 Å². The summed E-state index contributed by atoms with van der Waals surface area (Å²) in [5.74, 6) is 2.29. The normalized spacial score (nSPS) is 10.7. The summed E-state index contributed by atoms with van der Waals surface area (Å²) in [5, 5.41) is 17.9. The van der Waals surface area contributed by atoms with Crippen molar-refractivity contribution < 1.29 is 9.47 Å². The maximum absolute atomic E-state index is 8.94. The first-order chi connectivity index (χ1) is 16.8. The van der Waals surface area contributed by atoms with Crippen LogP contribution in [0.2, 0.25) is 0 Å². The van der Waals surface area contributed by atoms with Crippen molar-refractivity contribution in [3.8, 4) is 35.1 Å². The number of hydrogen-bond acceptors (Lipinski definition) is 6. The largest absolute Gasteiger partial charge is 0.455 e. The van der Waals surface area contributed by atoms with E-state index in [1.165, 1.54) is 0 Å². The molecule has 172 valence electrons. The Morgan fingerprint density at radius 2 is 0.971 bits per heavy atom. The summed E-state index contributed by atoms with van der Waals surface area (Å²) in [7, 11) is 0. The fourth-order valence-corrected chi connectivity index (χ4v) is 3.68. The van der Waals surface area contributed by atoms with Crippen LogP contribution in [0.1, 0.15) is 36.1 Å². The van der Waals surface area contributed by atoms with Crippen LogP contribution in [0.5, 0.6) is 23.0 Å². The molecule has 0 bridgehead atoms. The van der Waals surface area contributed by atoms with Crippen molar-refractivity contribution in [1.29, 1.82) is 10.5 Å². The zero-order valence-corrected chi connectivity index (χ0v) is 19.4. The highest BCUT2D eigenvalue weighted by Gasteiger charge is 2.25. The van der Waals surface area contributed by atoms with Gasteiger partial charge in [-0.2, -0.15) is 10.5 Å². The topological polar surface area (TPSA) is 118 Å². The van der Waals surface area contributed by atoms with E-state index in [2.05, 4.69) is 26.0 Å². The monoisotopic (exact) mass is 460 g/mol. The molecular weight excluding hydrogens is 436 g/mol. The van der Waals surface area contributed by atoms with E-state index < -0.39 is 0 Å². The van der Waals surface area contributed by atoms with Gasteiger partial charge in [-0.25, -0.2) is 0 Å². The molecule has 0 aliphatic carbocycles. The van der Waals surface area contributed by atoms with E-state index in [0.717, 1.165) is 11.1 Å². The molecule has 6 nitrogen and oxygen atoms in total. The van der Waals surface area contributed by atoms with Gasteiger partial charge in [-0.3, -0.25) is 0 Å². The van der Waals surface area contributed by atoms with Gasteiger partial charge < -0.3 is 20.9 Å². The van der Waals surface area contributed by atoms with Crippen LogP contribution in [0.4, 0.5) is 11.4 Å². The Labute approximate surface area is 204 Å². The molecule has 0 saturated heterocycles. The second-order valence-corrected chi connectivity index (χ2v) is 8.61. The van der Waals surface area contributed by atoms with Crippen LogP contribution in [0.3, 0.4) is 0 Å². The summed E-state index contributed by atoms with van der Waals surface area (Å²) >= 11 is 0. The SMILES string of the molecule is CC(C)(c1ccc(Oc2ccc(C#N)cc2)c(N)c1)c1ccc(Oc2ccc(C#N)cc2)c(N)c1. The number of rotatable bonds is 6. The third-order valence-corrected chi connectivity index (χ3v) is 5.89. The van der Waals surface area contributed by atoms with Gasteiger partial charge in [0, 0.05) is 5.41 Å². The van der Waals surface area contributed by atoms with Gasteiger partial charge in [0.1, 0.15) is 23.0 Å². The maximum atomic E-state index is 8.94. The molecule has 0 radical (unpaired) electrons. The molecule has 6 heteroatoms. The molecule has 0 atom stereocenters. The van der Waals surface area contributed by atoms with E-state index in [0.29, 0.717) is 45.5 Å². The molecule has 4 aromatic rings. The minimum atomic E-state index is -0.387. The zero-order valence-electron chi connectivity index (χ0n) is 19.4. The molecule has 0 aliphatic heterocycles. The number of hydrogen-bond donors (Lipinski definition) is 2. The Kier molecular flexibility index (Phi) is 6.31. The van der Waals surface area contributed by atoms with Crippen LogP contribution >= 0.6 is 0 Å². The molecule has 4 N–H and O–H groups in total. The number of nitrogens with zero attached hydrogens (tertiary/aromatic N) is 2. The zero-order chi connectivity index (χ0) is 25.0. The average molecular weight is 461 g/mol. The van der Waals surface area contributed by atoms with Gasteiger partial charge in [0.2, 0.25) is 0 Å². The summed E-state index contributed by atoms with van der Waals surface area (Å²) in [5.41, 5.74) is 16.4. The molecule has 35 heavy (non-hydrogen) atoms. The maximum Gasteiger partial charge on any atom is 0.150 e. The highest BCUT2D eigenvalue weighted by Crippen LogP contribution is 2.39. The van der Waals surface area contributed by atoms with E-state index in [1.54, 1.807) is 48.5 Å². The Balaban J connectivity index is 1.54. The van der Waals surface area contributed by atoms with Crippen LogP contribution < -0.4 is 20.9 Å². The second kappa shape index (κ2) is 9.51. The molecule has 0 aromatic heterocycles. The number of nitrogens with two attached hydrogens (primary N) is 2. The standard InChI is InChI=1S/C29H24N4O2/c1-29(2,21-7-13-27(25(32)15-21)34-23-9-3-19(17-30)4-10-23)22-8-14-28(26(33)16-22)35-24-11-5-20(18-31)6-12-24/h3-16H,32-33H2,1-2H3. The summed E-state index contributed by atoms with van der Waals surface area (Å²) in [4.78, 5) is 0. The smallest absolute Gasteiger partial charge is 0.150 e. The molecular formula is C29H24N4O2. The van der Waals surface area contributed by atoms with Gasteiger partial charge in [0.15, 0.2) is 0 Å². The van der Waals surface area contributed by atoms with E-state index in [-0.39, 0.29) is 5.41 Å². The molecule has 0 heterocycles. The summed E-state index contributed by atoms with van der Waals surface area (Å²) < 4.78 is 11.8. The Hall–Kier alpha value is -4.94. The molecule has 0 aliphatic rings. The van der Waals surface area contributed by atoms with Gasteiger partial charge in [-0.1, -0.05) is 26.0 Å². The second-order valence-electron chi connectivity index (χ2n) is 8.61. The van der Waals surface area contributed by atoms with Crippen LogP contribution in [0.25, 0.3) is 0 Å². The van der Waals surface area contributed by atoms with Crippen molar-refractivity contribution in [3.05, 3.63) is 107 Å². The first-order valence-corrected chi connectivity index (χ1v) is 11.0. The Bertz CT molecular complexity index is 1330. The van der Waals surface area contributed by atoms with Crippen molar-refractivity contribution in [2.24, 2.45) is 0 Å². The number of benzene rings is 4. The molecule has 4 aromatic carbocycles. The molecule has 0 fully saturated rings. The third-order valence-electron chi connectivity index (χ3n) is 5.89. The van der Waals surface area contributed by atoms with Gasteiger partial charge >= 0.3 is 0 Å². The third kappa shape index (κ3) is 5.03. The summed E-state index contributed by atoms with van der Waals surface area (Å²) in [6.45, 7) is 4.19. The predicted octanol–water partition coefficient (Wildman–Crippen LogP) is 6.50. The van der Waals surface area contributed by atoms with Crippen molar-refractivity contribution >= 4 is 11.4 Å². The molecule has 0 amide bonds. The lowest BCUT2D eigenvalue weighted by Crippen LogP contribution is -2.19. The minimum absolute atomic E-state index is 0.387. The lowest BCUT2D eigenvalue weighted by Gasteiger charge is -2.27. The number of ether oxygens (including phenoxy) is 2. The van der Waals surface area contributed by atoms with E-state index >= 15 is 0 Å². The first kappa shape index (κ1) is 23.2. The van der Waals surface area contributed by atoms with Crippen molar-refractivity contribution in [2.75, 3.05) is 11.5 Å². The van der Waals surface area contributed by atoms with Crippen LogP contribution in [0, 0.1) is 22.7 Å². The Morgan fingerprint density at radius 1 is 0.600 bits per heavy atom. The molecule has 0 saturated carbocycles. The number of nitrogen functional groups attached to an aromatic ring is 2. The van der Waals surface area contributed by atoms with Gasteiger partial charge in [-0.05, 0) is 83.9 Å². The van der Waals surface area contributed by atoms with E-state index in [9.17, 15) is 0 Å². The van der Waals surface area contributed by atoms with Crippen LogP contribution in [0.15, 0.2) is 84.9 Å². The fraction of sp³-hybridized carbons (Fsp3) is 0.103. The Morgan fingerprint density at radius 3 is 1.29 bits per heavy atom. The van der Waals surface area contributed by atoms with Gasteiger partial charge in [0.05, 0.1) is 34.6 Å².